The molecule has 0 spiro atoms. The summed E-state index contributed by atoms with van der Waals surface area (Å²) in [6.07, 6.45) is 1.17. The smallest absolute Gasteiger partial charge is 0.384 e. The predicted octanol–water partition coefficient (Wildman–Crippen LogP) is 6.35. The highest BCUT2D eigenvalue weighted by atomic mass is 19.4. The number of hydrogen-bond acceptors (Lipinski definition) is 4. The molecule has 0 saturated heterocycles. The van der Waals surface area contributed by atoms with Gasteiger partial charge in [-0.3, -0.25) is 9.97 Å². The van der Waals surface area contributed by atoms with E-state index in [9.17, 15) is 13.2 Å². The van der Waals surface area contributed by atoms with Gasteiger partial charge in [0.05, 0.1) is 17.0 Å². The van der Waals surface area contributed by atoms with Crippen molar-refractivity contribution >= 4 is 5.82 Å². The molecule has 1 saturated carbocycles. The van der Waals surface area contributed by atoms with Crippen LogP contribution in [0.1, 0.15) is 30.0 Å². The van der Waals surface area contributed by atoms with Crippen molar-refractivity contribution in [2.75, 3.05) is 5.73 Å². The summed E-state index contributed by atoms with van der Waals surface area (Å²) in [5.74, 6) is 0.829. The number of hydrogen-bond donors (Lipinski definition) is 1. The normalized spacial score (nSPS) is 13.8. The molecule has 4 aromatic rings. The maximum atomic E-state index is 13.0. The van der Waals surface area contributed by atoms with Gasteiger partial charge in [0, 0.05) is 35.1 Å². The van der Waals surface area contributed by atoms with Crippen molar-refractivity contribution in [1.82, 2.24) is 15.0 Å². The Balaban J connectivity index is 1.56. The largest absolute Gasteiger partial charge is 0.416 e. The maximum absolute atomic E-state index is 13.0. The van der Waals surface area contributed by atoms with Crippen molar-refractivity contribution in [3.05, 3.63) is 84.3 Å². The van der Waals surface area contributed by atoms with E-state index >= 15 is 0 Å². The molecule has 4 nitrogen and oxygen atoms in total. The first-order chi connectivity index (χ1) is 15.4. The highest BCUT2D eigenvalue weighted by Gasteiger charge is 2.30. The summed E-state index contributed by atoms with van der Waals surface area (Å²) in [7, 11) is 0. The van der Waals surface area contributed by atoms with Crippen LogP contribution < -0.4 is 5.73 Å². The lowest BCUT2D eigenvalue weighted by Crippen LogP contribution is -2.04. The fourth-order valence-corrected chi connectivity index (χ4v) is 3.61. The minimum Gasteiger partial charge on any atom is -0.384 e. The zero-order valence-electron chi connectivity index (χ0n) is 17.0. The zero-order valence-corrected chi connectivity index (χ0v) is 17.0. The van der Waals surface area contributed by atoms with Crippen LogP contribution in [-0.4, -0.2) is 15.0 Å². The first-order valence-corrected chi connectivity index (χ1v) is 10.2. The van der Waals surface area contributed by atoms with E-state index in [1.165, 1.54) is 12.1 Å². The van der Waals surface area contributed by atoms with E-state index in [-0.39, 0.29) is 0 Å². The van der Waals surface area contributed by atoms with Gasteiger partial charge in [-0.05, 0) is 72.5 Å². The standard InChI is InChI=1S/C25H19F3N4/c26-25(27,28)20-6-3-15(4-7-20)19-12-22(16-1-2-16)32-23(13-19)17-9-10-30-21(11-17)18-5-8-24(29)31-14-18/h3-14,16H,1-2H2,(H2,29,31). The van der Waals surface area contributed by atoms with E-state index in [1.807, 2.05) is 30.3 Å². The molecular weight excluding hydrogens is 413 g/mol. The summed E-state index contributed by atoms with van der Waals surface area (Å²) >= 11 is 0. The third kappa shape index (κ3) is 4.19. The molecule has 1 aromatic carbocycles. The van der Waals surface area contributed by atoms with Crippen LogP contribution in [0.15, 0.2) is 73.1 Å². The van der Waals surface area contributed by atoms with Crippen LogP contribution in [0.4, 0.5) is 19.0 Å². The minimum atomic E-state index is -4.36. The van der Waals surface area contributed by atoms with Crippen LogP contribution in [0, 0.1) is 0 Å². The van der Waals surface area contributed by atoms with Gasteiger partial charge in [-0.1, -0.05) is 12.1 Å². The van der Waals surface area contributed by atoms with Gasteiger partial charge in [0.1, 0.15) is 5.82 Å². The average molecular weight is 432 g/mol. The number of aromatic nitrogens is 3. The summed E-state index contributed by atoms with van der Waals surface area (Å²) in [6.45, 7) is 0. The van der Waals surface area contributed by atoms with Gasteiger partial charge in [-0.25, -0.2) is 4.98 Å². The van der Waals surface area contributed by atoms with Crippen LogP contribution in [-0.2, 0) is 6.18 Å². The molecule has 3 heterocycles. The molecular formula is C25H19F3N4. The van der Waals surface area contributed by atoms with Gasteiger partial charge < -0.3 is 5.73 Å². The molecule has 0 aliphatic heterocycles. The quantitative estimate of drug-likeness (QED) is 0.408. The Morgan fingerprint density at radius 2 is 1.47 bits per heavy atom. The van der Waals surface area contributed by atoms with Gasteiger partial charge in [-0.15, -0.1) is 0 Å². The van der Waals surface area contributed by atoms with Crippen molar-refractivity contribution in [2.24, 2.45) is 0 Å². The van der Waals surface area contributed by atoms with Crippen LogP contribution in [0.2, 0.25) is 0 Å². The van der Waals surface area contributed by atoms with Crippen molar-refractivity contribution in [3.8, 4) is 33.6 Å². The van der Waals surface area contributed by atoms with Gasteiger partial charge >= 0.3 is 6.18 Å². The lowest BCUT2D eigenvalue weighted by Gasteiger charge is -2.12. The van der Waals surface area contributed by atoms with Crippen molar-refractivity contribution in [1.29, 1.82) is 0 Å². The third-order valence-corrected chi connectivity index (χ3v) is 5.52. The summed E-state index contributed by atoms with van der Waals surface area (Å²) in [4.78, 5) is 13.4. The fourth-order valence-electron chi connectivity index (χ4n) is 3.61. The van der Waals surface area contributed by atoms with Gasteiger partial charge in [0.2, 0.25) is 0 Å². The summed E-state index contributed by atoms with van der Waals surface area (Å²) in [5.41, 5.74) is 10.8. The Kier molecular flexibility index (Phi) is 4.89. The van der Waals surface area contributed by atoms with Crippen LogP contribution in [0.3, 0.4) is 0 Å². The van der Waals surface area contributed by atoms with E-state index in [0.29, 0.717) is 11.7 Å². The fraction of sp³-hybridized carbons (Fsp3) is 0.160. The molecule has 0 amide bonds. The van der Waals surface area contributed by atoms with Crippen molar-refractivity contribution in [3.63, 3.8) is 0 Å². The van der Waals surface area contributed by atoms with Crippen molar-refractivity contribution < 1.29 is 13.2 Å². The summed E-state index contributed by atoms with van der Waals surface area (Å²) in [6, 6.07) is 16.5. The summed E-state index contributed by atoms with van der Waals surface area (Å²) in [5, 5.41) is 0. The van der Waals surface area contributed by atoms with E-state index < -0.39 is 11.7 Å². The SMILES string of the molecule is Nc1ccc(-c2cc(-c3cc(-c4ccc(C(F)(F)F)cc4)cc(C4CC4)n3)ccn2)cn1. The highest BCUT2D eigenvalue weighted by molar-refractivity contribution is 5.74. The van der Waals surface area contributed by atoms with Gasteiger partial charge in [0.15, 0.2) is 0 Å². The average Bonchev–Trinajstić information content (AvgIpc) is 3.65. The molecule has 1 aliphatic carbocycles. The Morgan fingerprint density at radius 3 is 2.12 bits per heavy atom. The molecule has 5 rings (SSSR count). The molecule has 0 unspecified atom stereocenters. The summed E-state index contributed by atoms with van der Waals surface area (Å²) < 4.78 is 38.9. The van der Waals surface area contributed by atoms with Gasteiger partial charge in [0.25, 0.3) is 0 Å². The molecule has 0 bridgehead atoms. The number of benzene rings is 1. The number of anilines is 1. The molecule has 0 radical (unpaired) electrons. The lowest BCUT2D eigenvalue weighted by molar-refractivity contribution is -0.137. The molecule has 2 N–H and O–H groups in total. The number of rotatable bonds is 4. The van der Waals surface area contributed by atoms with Crippen LogP contribution in [0.25, 0.3) is 33.6 Å². The zero-order chi connectivity index (χ0) is 22.3. The monoisotopic (exact) mass is 432 g/mol. The van der Waals surface area contributed by atoms with Gasteiger partial charge in [-0.2, -0.15) is 13.2 Å². The Hall–Kier alpha value is -3.74. The van der Waals surface area contributed by atoms with E-state index in [0.717, 1.165) is 64.3 Å². The van der Waals surface area contributed by atoms with E-state index in [4.69, 9.17) is 10.7 Å². The third-order valence-electron chi connectivity index (χ3n) is 5.52. The van der Waals surface area contributed by atoms with E-state index in [1.54, 1.807) is 18.5 Å². The second kappa shape index (κ2) is 7.75. The first kappa shape index (κ1) is 20.2. The molecule has 32 heavy (non-hydrogen) atoms. The highest BCUT2D eigenvalue weighted by Crippen LogP contribution is 2.41. The number of halogens is 3. The number of alkyl halides is 3. The Labute approximate surface area is 183 Å². The Bertz CT molecular complexity index is 1260. The van der Waals surface area contributed by atoms with Crippen LogP contribution >= 0.6 is 0 Å². The maximum Gasteiger partial charge on any atom is 0.416 e. The number of pyridine rings is 3. The Morgan fingerprint density at radius 1 is 0.750 bits per heavy atom. The number of nitrogen functional groups attached to an aromatic ring is 1. The van der Waals surface area contributed by atoms with Crippen LogP contribution in [0.5, 0.6) is 0 Å². The molecule has 1 fully saturated rings. The molecule has 7 heteroatoms. The number of nitrogens with two attached hydrogens (primary N) is 1. The molecule has 1 aliphatic rings. The van der Waals surface area contributed by atoms with Crippen molar-refractivity contribution in [2.45, 2.75) is 24.9 Å². The minimum absolute atomic E-state index is 0.394. The molecule has 160 valence electrons. The topological polar surface area (TPSA) is 64.7 Å². The lowest BCUT2D eigenvalue weighted by atomic mass is 9.99. The first-order valence-electron chi connectivity index (χ1n) is 10.2. The molecule has 3 aromatic heterocycles. The second-order valence-electron chi connectivity index (χ2n) is 7.92. The molecule has 0 atom stereocenters. The van der Waals surface area contributed by atoms with E-state index in [2.05, 4.69) is 9.97 Å². The second-order valence-corrected chi connectivity index (χ2v) is 7.92. The number of nitrogens with zero attached hydrogens (tertiary/aromatic N) is 3. The predicted molar refractivity (Wildman–Crippen MR) is 118 cm³/mol.